The van der Waals surface area contributed by atoms with Crippen LogP contribution in [0.3, 0.4) is 0 Å². The Morgan fingerprint density at radius 2 is 1.60 bits per heavy atom. The van der Waals surface area contributed by atoms with E-state index in [0.717, 1.165) is 43.9 Å². The van der Waals surface area contributed by atoms with Gasteiger partial charge in [-0.2, -0.15) is 0 Å². The van der Waals surface area contributed by atoms with Crippen molar-refractivity contribution < 1.29 is 5.11 Å². The topological polar surface area (TPSA) is 26.7 Å². The Morgan fingerprint density at radius 1 is 0.960 bits per heavy atom. The minimum atomic E-state index is -0.0448. The largest absolute Gasteiger partial charge is 0.507 e. The van der Waals surface area contributed by atoms with E-state index in [1.165, 1.54) is 11.3 Å². The number of hydrogen-bond acceptors (Lipinski definition) is 3. The molecule has 2 aromatic rings. The molecular formula is C22H30N2O. The van der Waals surface area contributed by atoms with Gasteiger partial charge in [0.15, 0.2) is 0 Å². The first-order valence-electron chi connectivity index (χ1n) is 9.20. The molecule has 2 aromatic carbocycles. The molecule has 134 valence electrons. The molecular weight excluding hydrogens is 308 g/mol. The number of phenols is 1. The van der Waals surface area contributed by atoms with Gasteiger partial charge < -0.3 is 10.0 Å². The second-order valence-electron chi connectivity index (χ2n) is 8.17. The Kier molecular flexibility index (Phi) is 5.05. The Morgan fingerprint density at radius 3 is 2.20 bits per heavy atom. The van der Waals surface area contributed by atoms with Crippen molar-refractivity contribution in [3.05, 3.63) is 59.2 Å². The van der Waals surface area contributed by atoms with Crippen LogP contribution in [-0.4, -0.2) is 36.2 Å². The van der Waals surface area contributed by atoms with Crippen LogP contribution in [0.1, 0.15) is 37.5 Å². The van der Waals surface area contributed by atoms with Crippen molar-refractivity contribution in [2.45, 2.75) is 39.7 Å². The van der Waals surface area contributed by atoms with Gasteiger partial charge in [0.05, 0.1) is 0 Å². The minimum Gasteiger partial charge on any atom is -0.507 e. The first-order valence-corrected chi connectivity index (χ1v) is 9.20. The average molecular weight is 338 g/mol. The zero-order chi connectivity index (χ0) is 18.0. The van der Waals surface area contributed by atoms with Gasteiger partial charge in [-0.3, -0.25) is 4.90 Å². The molecule has 3 heteroatoms. The van der Waals surface area contributed by atoms with Crippen LogP contribution in [0.5, 0.6) is 5.75 Å². The van der Waals surface area contributed by atoms with E-state index in [4.69, 9.17) is 0 Å². The maximum atomic E-state index is 10.8. The van der Waals surface area contributed by atoms with Crippen LogP contribution in [-0.2, 0) is 12.0 Å². The number of nitrogens with zero attached hydrogens (tertiary/aromatic N) is 2. The highest BCUT2D eigenvalue weighted by atomic mass is 16.3. The fraction of sp³-hybridized carbons (Fsp3) is 0.455. The molecule has 0 bridgehead atoms. The molecule has 25 heavy (non-hydrogen) atoms. The van der Waals surface area contributed by atoms with Gasteiger partial charge in [0, 0.05) is 44.0 Å². The summed E-state index contributed by atoms with van der Waals surface area (Å²) in [4.78, 5) is 4.88. The van der Waals surface area contributed by atoms with Crippen molar-refractivity contribution >= 4 is 5.69 Å². The Hall–Kier alpha value is -2.00. The highest BCUT2D eigenvalue weighted by molar-refractivity contribution is 5.48. The fourth-order valence-electron chi connectivity index (χ4n) is 3.59. The van der Waals surface area contributed by atoms with Gasteiger partial charge in [-0.1, -0.05) is 56.7 Å². The second kappa shape index (κ2) is 7.09. The maximum absolute atomic E-state index is 10.8. The summed E-state index contributed by atoms with van der Waals surface area (Å²) < 4.78 is 0. The lowest BCUT2D eigenvalue weighted by molar-refractivity contribution is 0.246. The SMILES string of the molecule is Cc1cc(CN2CCN(c3ccccc3)CC2)c(O)c(C(C)(C)C)c1. The zero-order valence-corrected chi connectivity index (χ0v) is 15.9. The van der Waals surface area contributed by atoms with Gasteiger partial charge >= 0.3 is 0 Å². The van der Waals surface area contributed by atoms with E-state index in [1.807, 2.05) is 0 Å². The Bertz CT molecular complexity index is 711. The monoisotopic (exact) mass is 338 g/mol. The molecule has 0 aliphatic carbocycles. The summed E-state index contributed by atoms with van der Waals surface area (Å²) in [7, 11) is 0. The number of para-hydroxylation sites is 1. The molecule has 1 aliphatic rings. The number of aryl methyl sites for hydroxylation is 1. The molecule has 0 atom stereocenters. The van der Waals surface area contributed by atoms with E-state index < -0.39 is 0 Å². The van der Waals surface area contributed by atoms with Gasteiger partial charge in [0.1, 0.15) is 5.75 Å². The van der Waals surface area contributed by atoms with Crippen LogP contribution in [0.15, 0.2) is 42.5 Å². The molecule has 1 N–H and O–H groups in total. The van der Waals surface area contributed by atoms with Crippen LogP contribution in [0.4, 0.5) is 5.69 Å². The highest BCUT2D eigenvalue weighted by Gasteiger charge is 2.23. The standard InChI is InChI=1S/C22H30N2O/c1-17-14-18(21(25)20(15-17)22(2,3)4)16-23-10-12-24(13-11-23)19-8-6-5-7-9-19/h5-9,14-15,25H,10-13,16H2,1-4H3. The third-order valence-electron chi connectivity index (χ3n) is 5.03. The molecule has 0 radical (unpaired) electrons. The average Bonchev–Trinajstić information content (AvgIpc) is 2.58. The first-order chi connectivity index (χ1) is 11.8. The van der Waals surface area contributed by atoms with Gasteiger partial charge in [-0.15, -0.1) is 0 Å². The lowest BCUT2D eigenvalue weighted by Gasteiger charge is -2.36. The molecule has 0 spiro atoms. The summed E-state index contributed by atoms with van der Waals surface area (Å²) >= 11 is 0. The Labute approximate surface area is 151 Å². The van der Waals surface area contributed by atoms with Crippen molar-refractivity contribution in [1.82, 2.24) is 4.90 Å². The normalized spacial score (nSPS) is 16.2. The maximum Gasteiger partial charge on any atom is 0.123 e. The number of piperazine rings is 1. The number of rotatable bonds is 3. The summed E-state index contributed by atoms with van der Waals surface area (Å²) in [6, 6.07) is 14.9. The van der Waals surface area contributed by atoms with E-state index in [-0.39, 0.29) is 5.41 Å². The van der Waals surface area contributed by atoms with Gasteiger partial charge in [0.2, 0.25) is 0 Å². The molecule has 3 rings (SSSR count). The second-order valence-corrected chi connectivity index (χ2v) is 8.17. The van der Waals surface area contributed by atoms with E-state index in [0.29, 0.717) is 5.75 Å². The van der Waals surface area contributed by atoms with Crippen molar-refractivity contribution in [1.29, 1.82) is 0 Å². The van der Waals surface area contributed by atoms with Crippen molar-refractivity contribution in [2.75, 3.05) is 31.1 Å². The molecule has 0 aromatic heterocycles. The predicted molar refractivity (Wildman–Crippen MR) is 105 cm³/mol. The lowest BCUT2D eigenvalue weighted by atomic mass is 9.84. The third kappa shape index (κ3) is 4.16. The fourth-order valence-corrected chi connectivity index (χ4v) is 3.59. The van der Waals surface area contributed by atoms with E-state index in [9.17, 15) is 5.11 Å². The number of hydrogen-bond donors (Lipinski definition) is 1. The lowest BCUT2D eigenvalue weighted by Crippen LogP contribution is -2.46. The third-order valence-corrected chi connectivity index (χ3v) is 5.03. The van der Waals surface area contributed by atoms with Gasteiger partial charge in [-0.25, -0.2) is 0 Å². The molecule has 0 unspecified atom stereocenters. The minimum absolute atomic E-state index is 0.0448. The van der Waals surface area contributed by atoms with Crippen molar-refractivity contribution in [2.24, 2.45) is 0 Å². The summed E-state index contributed by atoms with van der Waals surface area (Å²) in [5.74, 6) is 0.476. The van der Waals surface area contributed by atoms with E-state index in [1.54, 1.807) is 0 Å². The molecule has 0 amide bonds. The van der Waals surface area contributed by atoms with Crippen LogP contribution in [0, 0.1) is 6.92 Å². The van der Waals surface area contributed by atoms with E-state index in [2.05, 4.69) is 80.0 Å². The number of aromatic hydroxyl groups is 1. The Balaban J connectivity index is 1.69. The molecule has 1 aliphatic heterocycles. The number of benzene rings is 2. The van der Waals surface area contributed by atoms with Crippen molar-refractivity contribution in [3.8, 4) is 5.75 Å². The molecule has 1 heterocycles. The smallest absolute Gasteiger partial charge is 0.123 e. The van der Waals surface area contributed by atoms with E-state index >= 15 is 0 Å². The quantitative estimate of drug-likeness (QED) is 0.903. The summed E-state index contributed by atoms with van der Waals surface area (Å²) in [5, 5.41) is 10.8. The number of anilines is 1. The number of phenolic OH excluding ortho intramolecular Hbond substituents is 1. The summed E-state index contributed by atoms with van der Waals surface area (Å²) in [6.07, 6.45) is 0. The van der Waals surface area contributed by atoms with Crippen LogP contribution in [0.2, 0.25) is 0 Å². The molecule has 0 saturated carbocycles. The van der Waals surface area contributed by atoms with Crippen LogP contribution >= 0.6 is 0 Å². The van der Waals surface area contributed by atoms with Gasteiger partial charge in [0.25, 0.3) is 0 Å². The van der Waals surface area contributed by atoms with Gasteiger partial charge in [-0.05, 0) is 30.0 Å². The summed E-state index contributed by atoms with van der Waals surface area (Å²) in [5.41, 5.74) is 4.58. The highest BCUT2D eigenvalue weighted by Crippen LogP contribution is 2.35. The summed E-state index contributed by atoms with van der Waals surface area (Å²) in [6.45, 7) is 13.5. The van der Waals surface area contributed by atoms with Crippen molar-refractivity contribution in [3.63, 3.8) is 0 Å². The zero-order valence-electron chi connectivity index (χ0n) is 15.9. The molecule has 1 saturated heterocycles. The molecule has 1 fully saturated rings. The first kappa shape index (κ1) is 17.8. The van der Waals surface area contributed by atoms with Crippen LogP contribution in [0.25, 0.3) is 0 Å². The predicted octanol–water partition coefficient (Wildman–Crippen LogP) is 4.32. The molecule has 3 nitrogen and oxygen atoms in total. The van der Waals surface area contributed by atoms with Crippen LogP contribution < -0.4 is 4.90 Å².